The van der Waals surface area contributed by atoms with Crippen molar-refractivity contribution in [1.82, 2.24) is 9.71 Å². The molecule has 0 aliphatic heterocycles. The van der Waals surface area contributed by atoms with E-state index in [-0.39, 0.29) is 22.3 Å². The standard InChI is InChI=1S/C20H22N4O4S/c1-14(2)23-29(27,28)17-8-9-18(19(13-17)24(25)26)21-12-10-16-6-3-5-15-7-4-11-22-20(15)16/h3-9,11,13-14,21,23H,10,12H2,1-2H3. The van der Waals surface area contributed by atoms with Gasteiger partial charge in [-0.1, -0.05) is 24.3 Å². The molecule has 0 aliphatic carbocycles. The van der Waals surface area contributed by atoms with Crippen molar-refractivity contribution < 1.29 is 13.3 Å². The number of sulfonamides is 1. The Morgan fingerprint density at radius 2 is 1.90 bits per heavy atom. The molecule has 2 N–H and O–H groups in total. The molecule has 0 atom stereocenters. The van der Waals surface area contributed by atoms with Gasteiger partial charge in [0.05, 0.1) is 15.3 Å². The number of nitrogens with zero attached hydrogens (tertiary/aromatic N) is 2. The van der Waals surface area contributed by atoms with E-state index < -0.39 is 14.9 Å². The number of benzene rings is 2. The second kappa shape index (κ2) is 8.54. The van der Waals surface area contributed by atoms with Crippen molar-refractivity contribution in [2.45, 2.75) is 31.2 Å². The molecule has 2 aromatic carbocycles. The van der Waals surface area contributed by atoms with Crippen LogP contribution in [0.25, 0.3) is 10.9 Å². The molecular formula is C20H22N4O4S. The van der Waals surface area contributed by atoms with Gasteiger partial charge < -0.3 is 5.32 Å². The maximum Gasteiger partial charge on any atom is 0.293 e. The highest BCUT2D eigenvalue weighted by Gasteiger charge is 2.22. The summed E-state index contributed by atoms with van der Waals surface area (Å²) in [5, 5.41) is 15.5. The van der Waals surface area contributed by atoms with Crippen LogP contribution in [0, 0.1) is 10.1 Å². The SMILES string of the molecule is CC(C)NS(=O)(=O)c1ccc(NCCc2cccc3cccnc23)c([N+](=O)[O-])c1. The van der Waals surface area contributed by atoms with Gasteiger partial charge in [-0.2, -0.15) is 0 Å². The number of aromatic nitrogens is 1. The zero-order chi connectivity index (χ0) is 21.0. The predicted octanol–water partition coefficient (Wildman–Crippen LogP) is 3.48. The Bertz CT molecular complexity index is 1140. The van der Waals surface area contributed by atoms with E-state index in [4.69, 9.17) is 0 Å². The molecule has 1 aromatic heterocycles. The third-order valence-corrected chi connectivity index (χ3v) is 5.95. The summed E-state index contributed by atoms with van der Waals surface area (Å²) in [7, 11) is -3.81. The molecule has 1 heterocycles. The highest BCUT2D eigenvalue weighted by atomic mass is 32.2. The van der Waals surface area contributed by atoms with Crippen molar-refractivity contribution in [3.05, 3.63) is 70.4 Å². The molecule has 0 unspecified atom stereocenters. The van der Waals surface area contributed by atoms with E-state index in [0.29, 0.717) is 13.0 Å². The van der Waals surface area contributed by atoms with Crippen LogP contribution in [-0.4, -0.2) is 30.9 Å². The van der Waals surface area contributed by atoms with Crippen LogP contribution in [-0.2, 0) is 16.4 Å². The van der Waals surface area contributed by atoms with Crippen LogP contribution >= 0.6 is 0 Å². The predicted molar refractivity (Wildman–Crippen MR) is 112 cm³/mol. The van der Waals surface area contributed by atoms with Gasteiger partial charge in [-0.15, -0.1) is 0 Å². The second-order valence-corrected chi connectivity index (χ2v) is 8.60. The summed E-state index contributed by atoms with van der Waals surface area (Å²) in [6.07, 6.45) is 2.34. The Balaban J connectivity index is 1.79. The van der Waals surface area contributed by atoms with E-state index in [1.165, 1.54) is 12.1 Å². The lowest BCUT2D eigenvalue weighted by Gasteiger charge is -2.12. The van der Waals surface area contributed by atoms with Crippen molar-refractivity contribution >= 4 is 32.3 Å². The summed E-state index contributed by atoms with van der Waals surface area (Å²) in [4.78, 5) is 15.2. The van der Waals surface area contributed by atoms with E-state index >= 15 is 0 Å². The van der Waals surface area contributed by atoms with Crippen molar-refractivity contribution in [3.8, 4) is 0 Å². The lowest BCUT2D eigenvalue weighted by atomic mass is 10.1. The van der Waals surface area contributed by atoms with Crippen molar-refractivity contribution in [2.24, 2.45) is 0 Å². The number of para-hydroxylation sites is 1. The van der Waals surface area contributed by atoms with E-state index in [2.05, 4.69) is 15.0 Å². The normalized spacial score (nSPS) is 11.7. The first-order valence-electron chi connectivity index (χ1n) is 9.15. The molecule has 0 saturated heterocycles. The van der Waals surface area contributed by atoms with Gasteiger partial charge in [0, 0.05) is 30.2 Å². The minimum Gasteiger partial charge on any atom is -0.379 e. The average Bonchev–Trinajstić information content (AvgIpc) is 2.67. The van der Waals surface area contributed by atoms with Crippen LogP contribution in [0.15, 0.2) is 59.6 Å². The molecule has 0 fully saturated rings. The molecule has 3 rings (SSSR count). The number of nitro benzene ring substituents is 1. The van der Waals surface area contributed by atoms with Gasteiger partial charge in [0.15, 0.2) is 0 Å². The Morgan fingerprint density at radius 3 is 2.62 bits per heavy atom. The van der Waals surface area contributed by atoms with E-state index in [1.807, 2.05) is 30.3 Å². The molecule has 3 aromatic rings. The number of nitrogens with one attached hydrogen (secondary N) is 2. The first-order chi connectivity index (χ1) is 13.8. The summed E-state index contributed by atoms with van der Waals surface area (Å²) >= 11 is 0. The van der Waals surface area contributed by atoms with E-state index in [9.17, 15) is 18.5 Å². The fraction of sp³-hybridized carbons (Fsp3) is 0.250. The second-order valence-electron chi connectivity index (χ2n) is 6.88. The minimum absolute atomic E-state index is 0.137. The van der Waals surface area contributed by atoms with Gasteiger partial charge in [0.25, 0.3) is 5.69 Å². The van der Waals surface area contributed by atoms with E-state index in [0.717, 1.165) is 22.5 Å². The van der Waals surface area contributed by atoms with Crippen LogP contribution in [0.5, 0.6) is 0 Å². The van der Waals surface area contributed by atoms with Gasteiger partial charge in [-0.05, 0) is 44.0 Å². The molecule has 152 valence electrons. The highest BCUT2D eigenvalue weighted by Crippen LogP contribution is 2.28. The number of anilines is 1. The number of hydrogen-bond donors (Lipinski definition) is 2. The first-order valence-corrected chi connectivity index (χ1v) is 10.6. The van der Waals surface area contributed by atoms with Gasteiger partial charge >= 0.3 is 0 Å². The fourth-order valence-corrected chi connectivity index (χ4v) is 4.33. The Labute approximate surface area is 169 Å². The van der Waals surface area contributed by atoms with Gasteiger partial charge in [-0.25, -0.2) is 13.1 Å². The van der Waals surface area contributed by atoms with E-state index in [1.54, 1.807) is 20.0 Å². The van der Waals surface area contributed by atoms with Crippen LogP contribution < -0.4 is 10.0 Å². The van der Waals surface area contributed by atoms with Crippen LogP contribution in [0.4, 0.5) is 11.4 Å². The molecule has 8 nitrogen and oxygen atoms in total. The Kier molecular flexibility index (Phi) is 6.09. The lowest BCUT2D eigenvalue weighted by Crippen LogP contribution is -2.30. The molecule has 9 heteroatoms. The molecule has 0 radical (unpaired) electrons. The van der Waals surface area contributed by atoms with Crippen molar-refractivity contribution in [1.29, 1.82) is 0 Å². The summed E-state index contributed by atoms with van der Waals surface area (Å²) in [6.45, 7) is 3.81. The first kappa shape index (κ1) is 20.7. The van der Waals surface area contributed by atoms with Gasteiger partial charge in [0.1, 0.15) is 5.69 Å². The van der Waals surface area contributed by atoms with Crippen LogP contribution in [0.2, 0.25) is 0 Å². The number of rotatable bonds is 8. The Morgan fingerprint density at radius 1 is 1.14 bits per heavy atom. The number of nitro groups is 1. The largest absolute Gasteiger partial charge is 0.379 e. The zero-order valence-electron chi connectivity index (χ0n) is 16.1. The summed E-state index contributed by atoms with van der Waals surface area (Å²) in [5.41, 5.74) is 1.91. The maximum atomic E-state index is 12.3. The number of hydrogen-bond acceptors (Lipinski definition) is 6. The molecular weight excluding hydrogens is 392 g/mol. The van der Waals surface area contributed by atoms with Crippen molar-refractivity contribution in [3.63, 3.8) is 0 Å². The Hall–Kier alpha value is -3.04. The number of fused-ring (bicyclic) bond motifs is 1. The average molecular weight is 414 g/mol. The molecule has 29 heavy (non-hydrogen) atoms. The monoisotopic (exact) mass is 414 g/mol. The van der Waals surface area contributed by atoms with Gasteiger partial charge in [-0.3, -0.25) is 15.1 Å². The van der Waals surface area contributed by atoms with Crippen LogP contribution in [0.3, 0.4) is 0 Å². The third-order valence-electron chi connectivity index (χ3n) is 4.29. The lowest BCUT2D eigenvalue weighted by molar-refractivity contribution is -0.384. The molecule has 0 spiro atoms. The van der Waals surface area contributed by atoms with Gasteiger partial charge in [0.2, 0.25) is 10.0 Å². The van der Waals surface area contributed by atoms with Crippen LogP contribution in [0.1, 0.15) is 19.4 Å². The third kappa shape index (κ3) is 4.87. The summed E-state index contributed by atoms with van der Waals surface area (Å²) in [5.74, 6) is 0. The highest BCUT2D eigenvalue weighted by molar-refractivity contribution is 7.89. The smallest absolute Gasteiger partial charge is 0.293 e. The fourth-order valence-electron chi connectivity index (χ4n) is 3.06. The molecule has 0 saturated carbocycles. The molecule has 0 aliphatic rings. The minimum atomic E-state index is -3.81. The maximum absolute atomic E-state index is 12.3. The summed E-state index contributed by atoms with van der Waals surface area (Å²) < 4.78 is 27.0. The zero-order valence-corrected chi connectivity index (χ0v) is 16.9. The molecule has 0 amide bonds. The number of pyridine rings is 1. The summed E-state index contributed by atoms with van der Waals surface area (Å²) in [6, 6.07) is 13.3. The van der Waals surface area contributed by atoms with Crippen molar-refractivity contribution in [2.75, 3.05) is 11.9 Å². The quantitative estimate of drug-likeness (QED) is 0.431. The topological polar surface area (TPSA) is 114 Å². The molecule has 0 bridgehead atoms.